The molecule has 0 unspecified atom stereocenters. The highest BCUT2D eigenvalue weighted by atomic mass is 31.1. The van der Waals surface area contributed by atoms with E-state index < -0.39 is 15.8 Å². The average molecular weight is 807 g/mol. The van der Waals surface area contributed by atoms with Crippen molar-refractivity contribution in [3.8, 4) is 69.0 Å². The number of ether oxygens (including phenoxy) is 12. The van der Waals surface area contributed by atoms with Gasteiger partial charge in [-0.2, -0.15) is 0 Å². The summed E-state index contributed by atoms with van der Waals surface area (Å²) in [6, 6.07) is 24.2. The van der Waals surface area contributed by atoms with E-state index in [2.05, 4.69) is 12.1 Å². The normalized spacial score (nSPS) is 10.8. The standard InChI is InChI=1S/C42H48O12P2/c1-43-29-17-25(18-30(44-2)39(29)51-9)55(26-19-31(45-3)40(52-10)32(20-26)46-4)37-15-13-14-16-38(37)56(27-21-33(47-5)41(53-11)34(22-27)48-6)28-23-35(49-7)42(54-12)36(24-28)50-8/h13-24H,1-12H3. The lowest BCUT2D eigenvalue weighted by Gasteiger charge is -2.29. The van der Waals surface area contributed by atoms with Gasteiger partial charge in [0.25, 0.3) is 0 Å². The van der Waals surface area contributed by atoms with Crippen LogP contribution < -0.4 is 88.7 Å². The van der Waals surface area contributed by atoms with E-state index in [1.807, 2.05) is 60.7 Å². The largest absolute Gasteiger partial charge is 0.493 e. The van der Waals surface area contributed by atoms with Crippen LogP contribution >= 0.6 is 15.8 Å². The molecule has 0 aliphatic heterocycles. The maximum atomic E-state index is 5.89. The minimum absolute atomic E-state index is 0.476. The van der Waals surface area contributed by atoms with Gasteiger partial charge in [-0.1, -0.05) is 24.3 Å². The van der Waals surface area contributed by atoms with E-state index in [0.717, 1.165) is 31.8 Å². The third-order valence-electron chi connectivity index (χ3n) is 8.99. The molecule has 0 amide bonds. The Morgan fingerprint density at radius 2 is 0.446 bits per heavy atom. The van der Waals surface area contributed by atoms with Gasteiger partial charge < -0.3 is 56.8 Å². The zero-order chi connectivity index (χ0) is 40.5. The number of rotatable bonds is 18. The number of benzene rings is 5. The van der Waals surface area contributed by atoms with E-state index in [0.29, 0.717) is 69.0 Å². The van der Waals surface area contributed by atoms with Crippen LogP contribution in [0.25, 0.3) is 0 Å². The van der Waals surface area contributed by atoms with E-state index in [1.54, 1.807) is 85.3 Å². The van der Waals surface area contributed by atoms with Crippen molar-refractivity contribution in [1.82, 2.24) is 0 Å². The van der Waals surface area contributed by atoms with E-state index >= 15 is 0 Å². The fraction of sp³-hybridized carbons (Fsp3) is 0.286. The van der Waals surface area contributed by atoms with Gasteiger partial charge in [-0.05, 0) is 96.2 Å². The summed E-state index contributed by atoms with van der Waals surface area (Å²) in [5, 5.41) is 5.64. The Hall–Kier alpha value is -5.44. The van der Waals surface area contributed by atoms with Gasteiger partial charge in [0.2, 0.25) is 23.0 Å². The van der Waals surface area contributed by atoms with Gasteiger partial charge in [0.1, 0.15) is 0 Å². The molecule has 5 rings (SSSR count). The van der Waals surface area contributed by atoms with E-state index in [9.17, 15) is 0 Å². The summed E-state index contributed by atoms with van der Waals surface area (Å²) in [5.41, 5.74) is 0. The van der Waals surface area contributed by atoms with Crippen LogP contribution in [0.15, 0.2) is 72.8 Å². The third kappa shape index (κ3) is 7.95. The topological polar surface area (TPSA) is 111 Å². The molecule has 12 nitrogen and oxygen atoms in total. The molecule has 5 aromatic rings. The second kappa shape index (κ2) is 18.9. The first-order valence-electron chi connectivity index (χ1n) is 17.1. The Labute approximate surface area is 330 Å². The quantitative estimate of drug-likeness (QED) is 0.107. The zero-order valence-corrected chi connectivity index (χ0v) is 35.5. The Kier molecular flexibility index (Phi) is 14.1. The average Bonchev–Trinajstić information content (AvgIpc) is 3.25. The molecule has 5 aromatic carbocycles. The highest BCUT2D eigenvalue weighted by Gasteiger charge is 2.32. The first-order valence-corrected chi connectivity index (χ1v) is 19.8. The van der Waals surface area contributed by atoms with Gasteiger partial charge >= 0.3 is 0 Å². The summed E-state index contributed by atoms with van der Waals surface area (Å²) in [7, 11) is 16.2. The minimum Gasteiger partial charge on any atom is -0.493 e. The molecule has 56 heavy (non-hydrogen) atoms. The van der Waals surface area contributed by atoms with Crippen LogP contribution in [0.3, 0.4) is 0 Å². The van der Waals surface area contributed by atoms with Crippen LogP contribution in [0.1, 0.15) is 0 Å². The van der Waals surface area contributed by atoms with Crippen LogP contribution in [0.5, 0.6) is 69.0 Å². The lowest BCUT2D eigenvalue weighted by atomic mass is 10.3. The van der Waals surface area contributed by atoms with Crippen LogP contribution in [-0.4, -0.2) is 85.3 Å². The molecule has 0 aromatic heterocycles. The lowest BCUT2D eigenvalue weighted by Crippen LogP contribution is -2.35. The predicted molar refractivity (Wildman–Crippen MR) is 222 cm³/mol. The summed E-state index contributed by atoms with van der Waals surface area (Å²) >= 11 is 0. The van der Waals surface area contributed by atoms with Gasteiger partial charge in [-0.25, -0.2) is 0 Å². The third-order valence-corrected chi connectivity index (χ3v) is 14.0. The molecule has 298 valence electrons. The molecule has 0 atom stereocenters. The molecular weight excluding hydrogens is 758 g/mol. The smallest absolute Gasteiger partial charge is 0.203 e. The Bertz CT molecular complexity index is 1760. The van der Waals surface area contributed by atoms with Crippen LogP contribution in [-0.2, 0) is 0 Å². The molecule has 0 aliphatic carbocycles. The molecule has 0 saturated heterocycles. The molecule has 14 heteroatoms. The summed E-state index contributed by atoms with van der Waals surface area (Å²) in [6.07, 6.45) is 0. The second-order valence-electron chi connectivity index (χ2n) is 11.7. The maximum Gasteiger partial charge on any atom is 0.203 e. The molecular formula is C42H48O12P2. The van der Waals surface area contributed by atoms with Crippen molar-refractivity contribution in [3.63, 3.8) is 0 Å². The summed E-state index contributed by atoms with van der Waals surface area (Å²) in [5.74, 6) is 5.98. The van der Waals surface area contributed by atoms with E-state index in [1.165, 1.54) is 0 Å². The summed E-state index contributed by atoms with van der Waals surface area (Å²) < 4.78 is 70.1. The second-order valence-corrected chi connectivity index (χ2v) is 16.1. The first kappa shape index (κ1) is 41.7. The molecule has 0 N–H and O–H groups in total. The van der Waals surface area contributed by atoms with Crippen LogP contribution in [0.2, 0.25) is 0 Å². The summed E-state index contributed by atoms with van der Waals surface area (Å²) in [4.78, 5) is 0. The molecule has 0 radical (unpaired) electrons. The molecule has 0 spiro atoms. The lowest BCUT2D eigenvalue weighted by molar-refractivity contribution is 0.325. The fourth-order valence-corrected chi connectivity index (χ4v) is 11.8. The zero-order valence-electron chi connectivity index (χ0n) is 33.7. The molecule has 0 saturated carbocycles. The Balaban J connectivity index is 1.97. The highest BCUT2D eigenvalue weighted by molar-refractivity contribution is 7.85. The Morgan fingerprint density at radius 3 is 0.589 bits per heavy atom. The van der Waals surface area contributed by atoms with Crippen molar-refractivity contribution in [2.75, 3.05) is 85.3 Å². The molecule has 0 heterocycles. The predicted octanol–water partition coefficient (Wildman–Crippen LogP) is 5.31. The van der Waals surface area contributed by atoms with Gasteiger partial charge in [0.05, 0.1) is 85.3 Å². The fourth-order valence-electron chi connectivity index (χ4n) is 6.48. The van der Waals surface area contributed by atoms with E-state index in [-0.39, 0.29) is 0 Å². The van der Waals surface area contributed by atoms with Crippen molar-refractivity contribution in [2.45, 2.75) is 0 Å². The van der Waals surface area contributed by atoms with Crippen LogP contribution in [0.4, 0.5) is 0 Å². The molecule has 0 bridgehead atoms. The highest BCUT2D eigenvalue weighted by Crippen LogP contribution is 2.49. The SMILES string of the molecule is COc1cc(P(c2cc(OC)c(OC)c(OC)c2)c2ccccc2P(c2cc(OC)c(OC)c(OC)c2)c2cc(OC)c(OC)c(OC)c2)cc(OC)c1OC. The van der Waals surface area contributed by atoms with Gasteiger partial charge in [-0.3, -0.25) is 0 Å². The van der Waals surface area contributed by atoms with E-state index in [4.69, 9.17) is 56.8 Å². The van der Waals surface area contributed by atoms with Crippen LogP contribution in [0, 0.1) is 0 Å². The van der Waals surface area contributed by atoms with Gasteiger partial charge in [0, 0.05) is 0 Å². The van der Waals surface area contributed by atoms with Crippen molar-refractivity contribution in [2.24, 2.45) is 0 Å². The van der Waals surface area contributed by atoms with Crippen molar-refractivity contribution in [1.29, 1.82) is 0 Å². The van der Waals surface area contributed by atoms with Crippen molar-refractivity contribution < 1.29 is 56.8 Å². The minimum atomic E-state index is -1.46. The van der Waals surface area contributed by atoms with Gasteiger partial charge in [-0.15, -0.1) is 0 Å². The van der Waals surface area contributed by atoms with Gasteiger partial charge in [0.15, 0.2) is 46.0 Å². The first-order chi connectivity index (χ1) is 27.2. The number of methoxy groups -OCH3 is 12. The summed E-state index contributed by atoms with van der Waals surface area (Å²) in [6.45, 7) is 0. The monoisotopic (exact) mass is 806 g/mol. The van der Waals surface area contributed by atoms with Crippen molar-refractivity contribution in [3.05, 3.63) is 72.8 Å². The maximum absolute atomic E-state index is 5.89. The molecule has 0 aliphatic rings. The van der Waals surface area contributed by atoms with Crippen molar-refractivity contribution >= 4 is 47.7 Å². The molecule has 0 fully saturated rings. The Morgan fingerprint density at radius 1 is 0.268 bits per heavy atom. The number of hydrogen-bond acceptors (Lipinski definition) is 12. The number of hydrogen-bond donors (Lipinski definition) is 0.